The van der Waals surface area contributed by atoms with Crippen molar-refractivity contribution in [2.24, 2.45) is 7.05 Å². The molecule has 0 atom stereocenters. The predicted molar refractivity (Wildman–Crippen MR) is 76.3 cm³/mol. The lowest BCUT2D eigenvalue weighted by atomic mass is 10.2. The van der Waals surface area contributed by atoms with Crippen LogP contribution in [0.4, 0.5) is 0 Å². The molecule has 1 aromatic heterocycles. The minimum atomic E-state index is -3.50. The number of nitrogens with zero attached hydrogens (tertiary/aromatic N) is 2. The first-order chi connectivity index (χ1) is 9.01. The van der Waals surface area contributed by atoms with Crippen molar-refractivity contribution in [3.8, 4) is 0 Å². The molecule has 0 aliphatic rings. The van der Waals surface area contributed by atoms with Crippen LogP contribution in [0.15, 0.2) is 41.6 Å². The van der Waals surface area contributed by atoms with Crippen molar-refractivity contribution in [3.63, 3.8) is 0 Å². The summed E-state index contributed by atoms with van der Waals surface area (Å²) in [5.74, 6) is 0. The molecule has 0 fully saturated rings. The van der Waals surface area contributed by atoms with Crippen LogP contribution in [0.2, 0.25) is 0 Å². The summed E-state index contributed by atoms with van der Waals surface area (Å²) in [5, 5.41) is 4.64. The quantitative estimate of drug-likeness (QED) is 0.842. The number of aromatic nitrogens is 2. The van der Waals surface area contributed by atoms with Crippen molar-refractivity contribution in [2.75, 3.05) is 0 Å². The highest BCUT2D eigenvalue weighted by molar-refractivity contribution is 9.08. The zero-order valence-electron chi connectivity index (χ0n) is 10.4. The third kappa shape index (κ3) is 3.65. The summed E-state index contributed by atoms with van der Waals surface area (Å²) in [7, 11) is -1.82. The van der Waals surface area contributed by atoms with Gasteiger partial charge in [0.15, 0.2) is 0 Å². The van der Waals surface area contributed by atoms with Gasteiger partial charge in [-0.05, 0) is 11.1 Å². The van der Waals surface area contributed by atoms with E-state index < -0.39 is 10.0 Å². The maximum absolute atomic E-state index is 12.0. The Labute approximate surface area is 120 Å². The van der Waals surface area contributed by atoms with Gasteiger partial charge in [-0.15, -0.1) is 0 Å². The van der Waals surface area contributed by atoms with Crippen molar-refractivity contribution >= 4 is 26.0 Å². The van der Waals surface area contributed by atoms with Crippen LogP contribution in [0.1, 0.15) is 11.1 Å². The van der Waals surface area contributed by atoms with Gasteiger partial charge in [0.1, 0.15) is 4.90 Å². The fourth-order valence-corrected chi connectivity index (χ4v) is 2.92. The Bertz CT molecular complexity index is 650. The topological polar surface area (TPSA) is 64.0 Å². The van der Waals surface area contributed by atoms with Crippen LogP contribution in [0.5, 0.6) is 0 Å². The van der Waals surface area contributed by atoms with E-state index in [1.807, 2.05) is 24.3 Å². The number of sulfonamides is 1. The van der Waals surface area contributed by atoms with Crippen LogP contribution in [-0.2, 0) is 28.9 Å². The largest absolute Gasteiger partial charge is 0.274 e. The Morgan fingerprint density at radius 2 is 1.89 bits per heavy atom. The van der Waals surface area contributed by atoms with Gasteiger partial charge in [-0.3, -0.25) is 4.68 Å². The van der Waals surface area contributed by atoms with Gasteiger partial charge >= 0.3 is 0 Å². The Balaban J connectivity index is 2.05. The van der Waals surface area contributed by atoms with Gasteiger partial charge in [-0.2, -0.15) is 5.10 Å². The second kappa shape index (κ2) is 5.85. The van der Waals surface area contributed by atoms with E-state index in [4.69, 9.17) is 0 Å². The molecule has 1 heterocycles. The molecule has 1 N–H and O–H groups in total. The maximum Gasteiger partial charge on any atom is 0.243 e. The normalized spacial score (nSPS) is 11.7. The highest BCUT2D eigenvalue weighted by Gasteiger charge is 2.15. The highest BCUT2D eigenvalue weighted by atomic mass is 79.9. The summed E-state index contributed by atoms with van der Waals surface area (Å²) in [6.07, 6.45) is 2.80. The summed E-state index contributed by atoms with van der Waals surface area (Å²) < 4.78 is 27.9. The Morgan fingerprint density at radius 3 is 2.42 bits per heavy atom. The number of hydrogen-bond acceptors (Lipinski definition) is 3. The van der Waals surface area contributed by atoms with E-state index in [2.05, 4.69) is 25.8 Å². The molecular formula is C12H14BrN3O2S. The van der Waals surface area contributed by atoms with Gasteiger partial charge in [0.05, 0.1) is 6.20 Å². The van der Waals surface area contributed by atoms with E-state index >= 15 is 0 Å². The predicted octanol–water partition coefficient (Wildman–Crippen LogP) is 1.79. The van der Waals surface area contributed by atoms with Crippen molar-refractivity contribution in [2.45, 2.75) is 16.8 Å². The fraction of sp³-hybridized carbons (Fsp3) is 0.250. The van der Waals surface area contributed by atoms with Gasteiger partial charge in [-0.1, -0.05) is 40.2 Å². The molecule has 0 bridgehead atoms. The Morgan fingerprint density at radius 1 is 1.26 bits per heavy atom. The molecule has 2 aromatic rings. The molecule has 1 aromatic carbocycles. The van der Waals surface area contributed by atoms with E-state index in [1.54, 1.807) is 7.05 Å². The lowest BCUT2D eigenvalue weighted by Gasteiger charge is -2.05. The Hall–Kier alpha value is -1.18. The summed E-state index contributed by atoms with van der Waals surface area (Å²) >= 11 is 3.36. The SMILES string of the molecule is Cn1cc(S(=O)(=O)NCc2ccc(CBr)cc2)cn1. The van der Waals surface area contributed by atoms with E-state index in [1.165, 1.54) is 17.1 Å². The van der Waals surface area contributed by atoms with E-state index in [-0.39, 0.29) is 11.4 Å². The zero-order chi connectivity index (χ0) is 13.9. The van der Waals surface area contributed by atoms with Crippen LogP contribution < -0.4 is 4.72 Å². The molecule has 0 spiro atoms. The van der Waals surface area contributed by atoms with Crippen LogP contribution in [0, 0.1) is 0 Å². The molecule has 19 heavy (non-hydrogen) atoms. The second-order valence-electron chi connectivity index (χ2n) is 4.12. The smallest absolute Gasteiger partial charge is 0.243 e. The molecule has 0 unspecified atom stereocenters. The summed E-state index contributed by atoms with van der Waals surface area (Å²) in [6.45, 7) is 0.264. The Kier molecular flexibility index (Phi) is 4.38. The standard InChI is InChI=1S/C12H14BrN3O2S/c1-16-9-12(8-14-16)19(17,18)15-7-11-4-2-10(6-13)3-5-11/h2-5,8-9,15H,6-7H2,1H3. The average Bonchev–Trinajstić information content (AvgIpc) is 2.85. The maximum atomic E-state index is 12.0. The average molecular weight is 344 g/mol. The molecule has 2 rings (SSSR count). The van der Waals surface area contributed by atoms with Crippen LogP contribution >= 0.6 is 15.9 Å². The van der Waals surface area contributed by atoms with Gasteiger partial charge < -0.3 is 0 Å². The van der Waals surface area contributed by atoms with Crippen molar-refractivity contribution in [1.29, 1.82) is 0 Å². The molecule has 0 radical (unpaired) electrons. The van der Waals surface area contributed by atoms with Crippen molar-refractivity contribution in [3.05, 3.63) is 47.8 Å². The number of halogens is 1. The number of aryl methyl sites for hydroxylation is 1. The summed E-state index contributed by atoms with van der Waals surface area (Å²) in [5.41, 5.74) is 2.07. The number of benzene rings is 1. The van der Waals surface area contributed by atoms with Crippen LogP contribution in [-0.4, -0.2) is 18.2 Å². The molecule has 0 aliphatic heterocycles. The molecule has 0 saturated carbocycles. The molecule has 0 aliphatic carbocycles. The minimum Gasteiger partial charge on any atom is -0.274 e. The van der Waals surface area contributed by atoms with Gasteiger partial charge in [0, 0.05) is 25.1 Å². The number of alkyl halides is 1. The third-order valence-electron chi connectivity index (χ3n) is 2.64. The summed E-state index contributed by atoms with van der Waals surface area (Å²) in [4.78, 5) is 0.173. The van der Waals surface area contributed by atoms with Crippen molar-refractivity contribution in [1.82, 2.24) is 14.5 Å². The van der Waals surface area contributed by atoms with Crippen LogP contribution in [0.25, 0.3) is 0 Å². The van der Waals surface area contributed by atoms with E-state index in [0.717, 1.165) is 16.5 Å². The first kappa shape index (κ1) is 14.2. The molecule has 102 valence electrons. The zero-order valence-corrected chi connectivity index (χ0v) is 12.8. The monoisotopic (exact) mass is 343 g/mol. The van der Waals surface area contributed by atoms with Crippen LogP contribution in [0.3, 0.4) is 0 Å². The van der Waals surface area contributed by atoms with E-state index in [0.29, 0.717) is 0 Å². The molecule has 7 heteroatoms. The molecule has 5 nitrogen and oxygen atoms in total. The third-order valence-corrected chi connectivity index (χ3v) is 4.64. The molecule has 0 amide bonds. The first-order valence-electron chi connectivity index (χ1n) is 5.63. The van der Waals surface area contributed by atoms with Gasteiger partial charge in [-0.25, -0.2) is 13.1 Å². The lowest BCUT2D eigenvalue weighted by molar-refractivity contribution is 0.581. The lowest BCUT2D eigenvalue weighted by Crippen LogP contribution is -2.22. The summed E-state index contributed by atoms with van der Waals surface area (Å²) in [6, 6.07) is 7.73. The number of nitrogens with one attached hydrogen (secondary N) is 1. The van der Waals surface area contributed by atoms with E-state index in [9.17, 15) is 8.42 Å². The van der Waals surface area contributed by atoms with Crippen molar-refractivity contribution < 1.29 is 8.42 Å². The second-order valence-corrected chi connectivity index (χ2v) is 6.45. The first-order valence-corrected chi connectivity index (χ1v) is 8.24. The fourth-order valence-electron chi connectivity index (χ4n) is 1.55. The molecular weight excluding hydrogens is 330 g/mol. The number of hydrogen-bond donors (Lipinski definition) is 1. The highest BCUT2D eigenvalue weighted by Crippen LogP contribution is 2.10. The number of rotatable bonds is 5. The van der Waals surface area contributed by atoms with Gasteiger partial charge in [0.2, 0.25) is 10.0 Å². The van der Waals surface area contributed by atoms with Gasteiger partial charge in [0.25, 0.3) is 0 Å². The minimum absolute atomic E-state index is 0.173. The molecule has 0 saturated heterocycles.